The molecular formula is C12H19N3O3. The number of nitrogens with zero attached hydrogens (tertiary/aromatic N) is 2. The second-order valence-corrected chi connectivity index (χ2v) is 4.53. The normalized spacial score (nSPS) is 14.6. The molecule has 18 heavy (non-hydrogen) atoms. The highest BCUT2D eigenvalue weighted by molar-refractivity contribution is 5.49. The van der Waals surface area contributed by atoms with E-state index in [4.69, 9.17) is 9.47 Å². The minimum Gasteiger partial charge on any atom is -0.489 e. The third kappa shape index (κ3) is 3.22. The number of rotatable bonds is 7. The number of methoxy groups -OCH3 is 1. The van der Waals surface area contributed by atoms with Crippen LogP contribution in [0, 0.1) is 5.92 Å². The summed E-state index contributed by atoms with van der Waals surface area (Å²) in [5, 5.41) is 0. The van der Waals surface area contributed by atoms with Gasteiger partial charge in [-0.25, -0.2) is 4.98 Å². The van der Waals surface area contributed by atoms with Crippen LogP contribution in [0.5, 0.6) is 5.75 Å². The van der Waals surface area contributed by atoms with Crippen molar-refractivity contribution in [3.8, 4) is 5.75 Å². The molecule has 2 rings (SSSR count). The number of aromatic nitrogens is 2. The minimum absolute atomic E-state index is 0.238. The molecule has 1 heterocycles. The number of likely N-dealkylation sites (N-methyl/N-ethyl adjacent to an activating group) is 1. The van der Waals surface area contributed by atoms with Crippen molar-refractivity contribution in [2.45, 2.75) is 12.8 Å². The first-order chi connectivity index (χ1) is 8.72. The first-order valence-electron chi connectivity index (χ1n) is 6.13. The summed E-state index contributed by atoms with van der Waals surface area (Å²) in [6.45, 7) is 2.15. The average molecular weight is 253 g/mol. The van der Waals surface area contributed by atoms with Crippen molar-refractivity contribution < 1.29 is 9.47 Å². The van der Waals surface area contributed by atoms with Crippen LogP contribution >= 0.6 is 0 Å². The third-order valence-electron chi connectivity index (χ3n) is 2.98. The van der Waals surface area contributed by atoms with Crippen molar-refractivity contribution in [1.29, 1.82) is 0 Å². The van der Waals surface area contributed by atoms with Gasteiger partial charge in [-0.3, -0.25) is 4.79 Å². The standard InChI is InChI=1S/C12H19N3O3/c1-15(5-6-18-7-9-3-4-9)11-10(17-2)12(16)14-8-13-11/h8-9H,3-7H2,1-2H3,(H,13,14,16). The Labute approximate surface area is 106 Å². The zero-order valence-electron chi connectivity index (χ0n) is 10.8. The SMILES string of the molecule is COc1c(N(C)CCOCC2CC2)nc[nH]c1=O. The molecule has 0 saturated heterocycles. The summed E-state index contributed by atoms with van der Waals surface area (Å²) in [6, 6.07) is 0. The maximum Gasteiger partial charge on any atom is 0.295 e. The van der Waals surface area contributed by atoms with Gasteiger partial charge in [0.15, 0.2) is 5.82 Å². The van der Waals surface area contributed by atoms with Gasteiger partial charge in [0.25, 0.3) is 5.56 Å². The fraction of sp³-hybridized carbons (Fsp3) is 0.667. The van der Waals surface area contributed by atoms with E-state index in [1.165, 1.54) is 26.3 Å². The fourth-order valence-electron chi connectivity index (χ4n) is 1.68. The van der Waals surface area contributed by atoms with Crippen LogP contribution in [0.1, 0.15) is 12.8 Å². The van der Waals surface area contributed by atoms with Crippen LogP contribution in [0.4, 0.5) is 5.82 Å². The van der Waals surface area contributed by atoms with Crippen LogP contribution in [0.2, 0.25) is 0 Å². The van der Waals surface area contributed by atoms with Gasteiger partial charge >= 0.3 is 0 Å². The van der Waals surface area contributed by atoms with E-state index in [9.17, 15) is 4.79 Å². The van der Waals surface area contributed by atoms with E-state index < -0.39 is 0 Å². The summed E-state index contributed by atoms with van der Waals surface area (Å²) < 4.78 is 10.6. The lowest BCUT2D eigenvalue weighted by Crippen LogP contribution is -2.26. The Bertz CT molecular complexity index is 442. The van der Waals surface area contributed by atoms with Gasteiger partial charge in [-0.1, -0.05) is 0 Å². The molecule has 1 fully saturated rings. The average Bonchev–Trinajstić information content (AvgIpc) is 3.18. The Kier molecular flexibility index (Phi) is 4.19. The lowest BCUT2D eigenvalue weighted by Gasteiger charge is -2.19. The molecule has 1 N–H and O–H groups in total. The van der Waals surface area contributed by atoms with Gasteiger partial charge in [-0.15, -0.1) is 0 Å². The number of H-pyrrole nitrogens is 1. The van der Waals surface area contributed by atoms with Crippen molar-refractivity contribution in [2.75, 3.05) is 38.8 Å². The largest absolute Gasteiger partial charge is 0.489 e. The Hall–Kier alpha value is -1.56. The van der Waals surface area contributed by atoms with E-state index in [-0.39, 0.29) is 11.3 Å². The fourth-order valence-corrected chi connectivity index (χ4v) is 1.68. The highest BCUT2D eigenvalue weighted by Gasteiger charge is 2.21. The molecule has 1 aromatic heterocycles. The van der Waals surface area contributed by atoms with E-state index in [2.05, 4.69) is 9.97 Å². The van der Waals surface area contributed by atoms with E-state index >= 15 is 0 Å². The lowest BCUT2D eigenvalue weighted by molar-refractivity contribution is 0.130. The van der Waals surface area contributed by atoms with E-state index in [1.807, 2.05) is 11.9 Å². The van der Waals surface area contributed by atoms with Gasteiger partial charge in [-0.05, 0) is 18.8 Å². The molecule has 0 atom stereocenters. The number of anilines is 1. The summed E-state index contributed by atoms with van der Waals surface area (Å²) in [7, 11) is 3.33. The molecule has 6 heteroatoms. The summed E-state index contributed by atoms with van der Waals surface area (Å²) in [5.74, 6) is 1.54. The lowest BCUT2D eigenvalue weighted by atomic mass is 10.4. The van der Waals surface area contributed by atoms with Crippen LogP contribution in [-0.2, 0) is 4.74 Å². The van der Waals surface area contributed by atoms with Gasteiger partial charge < -0.3 is 19.4 Å². The maximum absolute atomic E-state index is 11.5. The van der Waals surface area contributed by atoms with Gasteiger partial charge in [0.05, 0.1) is 20.0 Å². The molecule has 0 amide bonds. The van der Waals surface area contributed by atoms with E-state index in [1.54, 1.807) is 0 Å². The topological polar surface area (TPSA) is 67.5 Å². The number of ether oxygens (including phenoxy) is 2. The molecule has 0 aliphatic heterocycles. The minimum atomic E-state index is -0.270. The zero-order chi connectivity index (χ0) is 13.0. The quantitative estimate of drug-likeness (QED) is 0.722. The van der Waals surface area contributed by atoms with Crippen LogP contribution in [-0.4, -0.2) is 43.9 Å². The van der Waals surface area contributed by atoms with Crippen molar-refractivity contribution >= 4 is 5.82 Å². The predicted octanol–water partition coefficient (Wildman–Crippen LogP) is 0.641. The molecule has 0 unspecified atom stereocenters. The predicted molar refractivity (Wildman–Crippen MR) is 68.2 cm³/mol. The maximum atomic E-state index is 11.5. The molecule has 1 aromatic rings. The number of hydrogen-bond acceptors (Lipinski definition) is 5. The Morgan fingerprint density at radius 2 is 2.33 bits per heavy atom. The molecule has 1 aliphatic carbocycles. The van der Waals surface area contributed by atoms with Crippen LogP contribution < -0.4 is 15.2 Å². The smallest absolute Gasteiger partial charge is 0.295 e. The van der Waals surface area contributed by atoms with Gasteiger partial charge in [0.2, 0.25) is 5.75 Å². The van der Waals surface area contributed by atoms with Crippen LogP contribution in [0.3, 0.4) is 0 Å². The van der Waals surface area contributed by atoms with Gasteiger partial charge in [0.1, 0.15) is 0 Å². The summed E-state index contributed by atoms with van der Waals surface area (Å²) in [4.78, 5) is 20.0. The van der Waals surface area contributed by atoms with Crippen LogP contribution in [0.25, 0.3) is 0 Å². The second kappa shape index (κ2) is 5.86. The molecule has 0 aromatic carbocycles. The number of aromatic amines is 1. The molecular weight excluding hydrogens is 234 g/mol. The molecule has 1 aliphatic rings. The second-order valence-electron chi connectivity index (χ2n) is 4.53. The van der Waals surface area contributed by atoms with Crippen LogP contribution in [0.15, 0.2) is 11.1 Å². The molecule has 100 valence electrons. The monoisotopic (exact) mass is 253 g/mol. The first kappa shape index (κ1) is 12.9. The van der Waals surface area contributed by atoms with E-state index in [0.29, 0.717) is 19.0 Å². The van der Waals surface area contributed by atoms with Crippen molar-refractivity contribution in [3.63, 3.8) is 0 Å². The molecule has 0 spiro atoms. The summed E-state index contributed by atoms with van der Waals surface area (Å²) in [6.07, 6.45) is 3.96. The third-order valence-corrected chi connectivity index (χ3v) is 2.98. The highest BCUT2D eigenvalue weighted by atomic mass is 16.5. The summed E-state index contributed by atoms with van der Waals surface area (Å²) in [5.41, 5.74) is -0.270. The van der Waals surface area contributed by atoms with Crippen molar-refractivity contribution in [1.82, 2.24) is 9.97 Å². The van der Waals surface area contributed by atoms with E-state index in [0.717, 1.165) is 12.5 Å². The Morgan fingerprint density at radius 3 is 3.00 bits per heavy atom. The first-order valence-corrected chi connectivity index (χ1v) is 6.13. The zero-order valence-corrected chi connectivity index (χ0v) is 10.8. The Morgan fingerprint density at radius 1 is 1.56 bits per heavy atom. The van der Waals surface area contributed by atoms with Crippen molar-refractivity contribution in [3.05, 3.63) is 16.7 Å². The van der Waals surface area contributed by atoms with Gasteiger partial charge in [0, 0.05) is 20.2 Å². The number of nitrogens with one attached hydrogen (secondary N) is 1. The highest BCUT2D eigenvalue weighted by Crippen LogP contribution is 2.28. The Balaban J connectivity index is 1.88. The molecule has 1 saturated carbocycles. The molecule has 0 radical (unpaired) electrons. The summed E-state index contributed by atoms with van der Waals surface area (Å²) >= 11 is 0. The van der Waals surface area contributed by atoms with Gasteiger partial charge in [-0.2, -0.15) is 0 Å². The molecule has 0 bridgehead atoms. The number of hydrogen-bond donors (Lipinski definition) is 1. The molecule has 6 nitrogen and oxygen atoms in total. The van der Waals surface area contributed by atoms with Crippen molar-refractivity contribution in [2.24, 2.45) is 5.92 Å².